The number of nitrogens with one attached hydrogen (secondary N) is 2. The van der Waals surface area contributed by atoms with Crippen molar-refractivity contribution in [3.63, 3.8) is 0 Å². The Kier molecular flexibility index (Phi) is 4.45. The van der Waals surface area contributed by atoms with Crippen LogP contribution in [0.4, 0.5) is 4.39 Å². The van der Waals surface area contributed by atoms with Gasteiger partial charge >= 0.3 is 0 Å². The van der Waals surface area contributed by atoms with Gasteiger partial charge in [-0.2, -0.15) is 10.2 Å². The first-order chi connectivity index (χ1) is 13.2. The number of carbonyl (C=O) groups excluding carboxylic acids is 1. The second kappa shape index (κ2) is 7.21. The number of H-pyrrole nitrogens is 1. The van der Waals surface area contributed by atoms with E-state index in [9.17, 15) is 9.18 Å². The van der Waals surface area contributed by atoms with E-state index >= 15 is 0 Å². The highest BCUT2D eigenvalue weighted by Crippen LogP contribution is 2.23. The summed E-state index contributed by atoms with van der Waals surface area (Å²) in [7, 11) is 0. The average Bonchev–Trinajstić information content (AvgIpc) is 3.19. The molecule has 5 nitrogen and oxygen atoms in total. The lowest BCUT2D eigenvalue weighted by Gasteiger charge is -2.00. The largest absolute Gasteiger partial charge is 0.289 e. The summed E-state index contributed by atoms with van der Waals surface area (Å²) in [5, 5.41) is 13.1. The van der Waals surface area contributed by atoms with Gasteiger partial charge in [-0.1, -0.05) is 48.5 Å². The summed E-state index contributed by atoms with van der Waals surface area (Å²) in [5.74, 6) is -0.734. The number of fused-ring (bicyclic) bond motifs is 1. The van der Waals surface area contributed by atoms with E-state index in [1.54, 1.807) is 18.2 Å². The molecule has 0 spiro atoms. The summed E-state index contributed by atoms with van der Waals surface area (Å²) in [4.78, 5) is 12.2. The molecule has 0 atom stereocenters. The molecule has 0 aliphatic heterocycles. The third-order valence-corrected chi connectivity index (χ3v) is 4.12. The molecule has 0 fully saturated rings. The zero-order valence-corrected chi connectivity index (χ0v) is 14.2. The van der Waals surface area contributed by atoms with Gasteiger partial charge in [-0.3, -0.25) is 9.89 Å². The van der Waals surface area contributed by atoms with Crippen molar-refractivity contribution in [1.82, 2.24) is 15.6 Å². The molecule has 3 aromatic carbocycles. The summed E-state index contributed by atoms with van der Waals surface area (Å²) < 4.78 is 12.9. The fraction of sp³-hybridized carbons (Fsp3) is 0. The van der Waals surface area contributed by atoms with Gasteiger partial charge in [-0.15, -0.1) is 0 Å². The van der Waals surface area contributed by atoms with Crippen LogP contribution in [0.15, 0.2) is 77.9 Å². The highest BCUT2D eigenvalue weighted by atomic mass is 19.1. The maximum Gasteiger partial charge on any atom is 0.289 e. The standard InChI is InChI=1S/C21H15FN4O/c22-18-9-5-14(6-10-18)13-23-26-21(27)20-12-19(24-25-20)17-8-7-15-3-1-2-4-16(15)11-17/h1-13H,(H,24,25)(H,26,27)/b23-13+. The Hall–Kier alpha value is -3.80. The molecule has 132 valence electrons. The molecule has 0 aliphatic carbocycles. The third-order valence-electron chi connectivity index (χ3n) is 4.12. The molecule has 0 saturated heterocycles. The molecule has 1 heterocycles. The topological polar surface area (TPSA) is 70.1 Å². The lowest BCUT2D eigenvalue weighted by atomic mass is 10.1. The zero-order chi connectivity index (χ0) is 18.6. The van der Waals surface area contributed by atoms with Gasteiger partial charge < -0.3 is 0 Å². The second-order valence-electron chi connectivity index (χ2n) is 5.98. The summed E-state index contributed by atoms with van der Waals surface area (Å²) >= 11 is 0. The number of hydrogen-bond donors (Lipinski definition) is 2. The van der Waals surface area contributed by atoms with Gasteiger partial charge in [-0.25, -0.2) is 9.82 Å². The van der Waals surface area contributed by atoms with Crippen molar-refractivity contribution in [3.05, 3.63) is 89.9 Å². The highest BCUT2D eigenvalue weighted by Gasteiger charge is 2.10. The maximum absolute atomic E-state index is 12.9. The van der Waals surface area contributed by atoms with Crippen LogP contribution in [0.25, 0.3) is 22.0 Å². The number of amides is 1. The molecule has 0 unspecified atom stereocenters. The minimum atomic E-state index is -0.409. The van der Waals surface area contributed by atoms with Crippen LogP contribution >= 0.6 is 0 Å². The lowest BCUT2D eigenvalue weighted by Crippen LogP contribution is -2.17. The first kappa shape index (κ1) is 16.7. The number of carbonyl (C=O) groups is 1. The molecule has 4 rings (SSSR count). The molecule has 0 aliphatic rings. The third kappa shape index (κ3) is 3.74. The fourth-order valence-electron chi connectivity index (χ4n) is 2.71. The summed E-state index contributed by atoms with van der Waals surface area (Å²) in [5.41, 5.74) is 4.99. The quantitative estimate of drug-likeness (QED) is 0.425. The van der Waals surface area contributed by atoms with Crippen LogP contribution in [0.3, 0.4) is 0 Å². The molecule has 2 N–H and O–H groups in total. The van der Waals surface area contributed by atoms with E-state index in [0.717, 1.165) is 16.3 Å². The molecular formula is C21H15FN4O. The number of benzene rings is 3. The number of nitrogens with zero attached hydrogens (tertiary/aromatic N) is 2. The van der Waals surface area contributed by atoms with Gasteiger partial charge in [0.1, 0.15) is 11.5 Å². The van der Waals surface area contributed by atoms with Crippen molar-refractivity contribution in [2.45, 2.75) is 0 Å². The van der Waals surface area contributed by atoms with E-state index in [4.69, 9.17) is 0 Å². The molecule has 0 radical (unpaired) electrons. The van der Waals surface area contributed by atoms with Gasteiger partial charge in [-0.05, 0) is 40.6 Å². The van der Waals surface area contributed by atoms with Gasteiger partial charge in [0, 0.05) is 5.56 Å². The number of rotatable bonds is 4. The first-order valence-corrected chi connectivity index (χ1v) is 8.32. The predicted octanol–water partition coefficient (Wildman–Crippen LogP) is 4.13. The summed E-state index contributed by atoms with van der Waals surface area (Å²) in [6.07, 6.45) is 1.44. The zero-order valence-electron chi connectivity index (χ0n) is 14.2. The van der Waals surface area contributed by atoms with Crippen LogP contribution in [-0.2, 0) is 0 Å². The number of halogens is 1. The van der Waals surface area contributed by atoms with Gasteiger partial charge in [0.05, 0.1) is 11.9 Å². The summed E-state index contributed by atoms with van der Waals surface area (Å²) in [6.45, 7) is 0. The minimum Gasteiger partial charge on any atom is -0.272 e. The van der Waals surface area contributed by atoms with Crippen LogP contribution in [0, 0.1) is 5.82 Å². The fourth-order valence-corrected chi connectivity index (χ4v) is 2.71. The number of aromatic amines is 1. The van der Waals surface area contributed by atoms with Crippen molar-refractivity contribution >= 4 is 22.9 Å². The van der Waals surface area contributed by atoms with Crippen LogP contribution in [0.2, 0.25) is 0 Å². The van der Waals surface area contributed by atoms with Crippen molar-refractivity contribution in [3.8, 4) is 11.3 Å². The number of aromatic nitrogens is 2. The summed E-state index contributed by atoms with van der Waals surface area (Å²) in [6, 6.07) is 21.5. The molecule has 0 saturated carbocycles. The van der Waals surface area contributed by atoms with E-state index in [1.807, 2.05) is 42.5 Å². The second-order valence-corrected chi connectivity index (χ2v) is 5.98. The predicted molar refractivity (Wildman–Crippen MR) is 103 cm³/mol. The Labute approximate surface area is 154 Å². The van der Waals surface area contributed by atoms with Crippen molar-refractivity contribution in [2.24, 2.45) is 5.10 Å². The van der Waals surface area contributed by atoms with E-state index < -0.39 is 5.91 Å². The molecule has 6 heteroatoms. The monoisotopic (exact) mass is 358 g/mol. The van der Waals surface area contributed by atoms with Crippen molar-refractivity contribution < 1.29 is 9.18 Å². The van der Waals surface area contributed by atoms with Crippen molar-refractivity contribution in [1.29, 1.82) is 0 Å². The highest BCUT2D eigenvalue weighted by molar-refractivity contribution is 5.94. The van der Waals surface area contributed by atoms with Crippen LogP contribution < -0.4 is 5.43 Å². The van der Waals surface area contributed by atoms with E-state index in [2.05, 4.69) is 20.7 Å². The van der Waals surface area contributed by atoms with Crippen molar-refractivity contribution in [2.75, 3.05) is 0 Å². The maximum atomic E-state index is 12.9. The van der Waals surface area contributed by atoms with Gasteiger partial charge in [0.25, 0.3) is 5.91 Å². The smallest absolute Gasteiger partial charge is 0.272 e. The molecule has 27 heavy (non-hydrogen) atoms. The van der Waals surface area contributed by atoms with Crippen LogP contribution in [0.5, 0.6) is 0 Å². The molecular weight excluding hydrogens is 343 g/mol. The molecule has 0 bridgehead atoms. The molecule has 1 amide bonds. The first-order valence-electron chi connectivity index (χ1n) is 8.32. The van der Waals surface area contributed by atoms with E-state index in [0.29, 0.717) is 17.0 Å². The Morgan fingerprint density at radius 2 is 1.78 bits per heavy atom. The number of hydrogen-bond acceptors (Lipinski definition) is 3. The lowest BCUT2D eigenvalue weighted by molar-refractivity contribution is 0.0950. The SMILES string of the molecule is O=C(N/N=C/c1ccc(F)cc1)c1cc(-c2ccc3ccccc3c2)n[nH]1. The van der Waals surface area contributed by atoms with Gasteiger partial charge in [0.2, 0.25) is 0 Å². The molecule has 4 aromatic rings. The van der Waals surface area contributed by atoms with Crippen LogP contribution in [0.1, 0.15) is 16.1 Å². The van der Waals surface area contributed by atoms with Crippen LogP contribution in [-0.4, -0.2) is 22.3 Å². The average molecular weight is 358 g/mol. The Bertz CT molecular complexity index is 1130. The van der Waals surface area contributed by atoms with E-state index in [-0.39, 0.29) is 5.82 Å². The Balaban J connectivity index is 1.47. The molecule has 1 aromatic heterocycles. The normalized spacial score (nSPS) is 11.1. The minimum absolute atomic E-state index is 0.300. The number of hydrazone groups is 1. The van der Waals surface area contributed by atoms with Gasteiger partial charge in [0.15, 0.2) is 0 Å². The Morgan fingerprint density at radius 1 is 1.00 bits per heavy atom. The Morgan fingerprint density at radius 3 is 2.59 bits per heavy atom. The van der Waals surface area contributed by atoms with E-state index in [1.165, 1.54) is 18.3 Å².